The Bertz CT molecular complexity index is 690. The van der Waals surface area contributed by atoms with Crippen molar-refractivity contribution in [2.45, 2.75) is 0 Å². The van der Waals surface area contributed by atoms with Crippen LogP contribution in [0.25, 0.3) is 22.6 Å². The van der Waals surface area contributed by atoms with Gasteiger partial charge in [-0.05, 0) is 12.1 Å². The SMILES string of the molecule is N#Cc1cccc(-c2nc3ncncc3[nH]2)c1. The first-order valence-electron chi connectivity index (χ1n) is 5.03. The van der Waals surface area contributed by atoms with Crippen molar-refractivity contribution in [2.24, 2.45) is 0 Å². The molecule has 0 atom stereocenters. The molecule has 0 fully saturated rings. The fourth-order valence-electron chi connectivity index (χ4n) is 1.63. The molecule has 17 heavy (non-hydrogen) atoms. The monoisotopic (exact) mass is 221 g/mol. The number of benzene rings is 1. The lowest BCUT2D eigenvalue weighted by atomic mass is 10.1. The molecule has 3 rings (SSSR count). The minimum absolute atomic E-state index is 0.606. The third kappa shape index (κ3) is 1.62. The van der Waals surface area contributed by atoms with E-state index in [2.05, 4.69) is 26.0 Å². The quantitative estimate of drug-likeness (QED) is 0.680. The van der Waals surface area contributed by atoms with Gasteiger partial charge in [-0.1, -0.05) is 12.1 Å². The largest absolute Gasteiger partial charge is 0.335 e. The number of hydrogen-bond donors (Lipinski definition) is 1. The Morgan fingerprint density at radius 3 is 3.06 bits per heavy atom. The van der Waals surface area contributed by atoms with Crippen LogP contribution in [0.3, 0.4) is 0 Å². The zero-order valence-electron chi connectivity index (χ0n) is 8.75. The normalized spacial score (nSPS) is 10.3. The lowest BCUT2D eigenvalue weighted by Crippen LogP contribution is -1.81. The van der Waals surface area contributed by atoms with Crippen LogP contribution < -0.4 is 0 Å². The summed E-state index contributed by atoms with van der Waals surface area (Å²) in [5.41, 5.74) is 2.87. The van der Waals surface area contributed by atoms with E-state index in [0.717, 1.165) is 11.1 Å². The van der Waals surface area contributed by atoms with Crippen LogP contribution in [0.2, 0.25) is 0 Å². The molecule has 1 N–H and O–H groups in total. The zero-order valence-corrected chi connectivity index (χ0v) is 8.75. The number of nitriles is 1. The van der Waals surface area contributed by atoms with E-state index in [4.69, 9.17) is 5.26 Å². The molecule has 0 radical (unpaired) electrons. The standard InChI is InChI=1S/C12H7N5/c13-5-8-2-1-3-9(4-8)11-16-10-6-14-7-15-12(10)17-11/h1-4,6-7H,(H,14,15,16,17). The van der Waals surface area contributed by atoms with Crippen molar-refractivity contribution in [2.75, 3.05) is 0 Å². The predicted molar refractivity (Wildman–Crippen MR) is 61.8 cm³/mol. The van der Waals surface area contributed by atoms with Crippen LogP contribution in [0.4, 0.5) is 0 Å². The van der Waals surface area contributed by atoms with Gasteiger partial charge in [0.15, 0.2) is 5.65 Å². The highest BCUT2D eigenvalue weighted by atomic mass is 15.0. The number of imidazole rings is 1. The minimum atomic E-state index is 0.606. The van der Waals surface area contributed by atoms with E-state index in [9.17, 15) is 0 Å². The molecule has 3 aromatic rings. The Hall–Kier alpha value is -2.74. The molecule has 5 heteroatoms. The van der Waals surface area contributed by atoms with Gasteiger partial charge in [0.2, 0.25) is 0 Å². The summed E-state index contributed by atoms with van der Waals surface area (Å²) < 4.78 is 0. The number of rotatable bonds is 1. The Morgan fingerprint density at radius 1 is 1.29 bits per heavy atom. The van der Waals surface area contributed by atoms with Crippen molar-refractivity contribution in [3.63, 3.8) is 0 Å². The van der Waals surface area contributed by atoms with Crippen molar-refractivity contribution in [3.05, 3.63) is 42.4 Å². The Balaban J connectivity index is 2.17. The summed E-state index contributed by atoms with van der Waals surface area (Å²) in [6, 6.07) is 9.36. The van der Waals surface area contributed by atoms with Crippen LogP contribution in [0.15, 0.2) is 36.8 Å². The van der Waals surface area contributed by atoms with E-state index < -0.39 is 0 Å². The van der Waals surface area contributed by atoms with Gasteiger partial charge in [-0.2, -0.15) is 5.26 Å². The summed E-state index contributed by atoms with van der Waals surface area (Å²) in [5, 5.41) is 8.85. The number of aromatic amines is 1. The van der Waals surface area contributed by atoms with Crippen molar-refractivity contribution in [1.82, 2.24) is 19.9 Å². The van der Waals surface area contributed by atoms with Crippen LogP contribution >= 0.6 is 0 Å². The molecule has 2 aromatic heterocycles. The van der Waals surface area contributed by atoms with E-state index >= 15 is 0 Å². The maximum absolute atomic E-state index is 8.85. The molecule has 80 valence electrons. The second kappa shape index (κ2) is 3.68. The predicted octanol–water partition coefficient (Wildman–Crippen LogP) is 1.89. The minimum Gasteiger partial charge on any atom is -0.335 e. The highest BCUT2D eigenvalue weighted by molar-refractivity contribution is 5.75. The summed E-state index contributed by atoms with van der Waals surface area (Å²) in [6.07, 6.45) is 3.13. The molecule has 0 bridgehead atoms. The molecule has 0 saturated carbocycles. The molecule has 0 saturated heterocycles. The first-order chi connectivity index (χ1) is 8.36. The molecule has 0 aliphatic carbocycles. The van der Waals surface area contributed by atoms with Crippen LogP contribution in [-0.2, 0) is 0 Å². The smallest absolute Gasteiger partial charge is 0.181 e. The number of nitrogens with zero attached hydrogens (tertiary/aromatic N) is 4. The summed E-state index contributed by atoms with van der Waals surface area (Å²) >= 11 is 0. The van der Waals surface area contributed by atoms with Gasteiger partial charge in [0.05, 0.1) is 17.8 Å². The molecule has 0 spiro atoms. The van der Waals surface area contributed by atoms with E-state index in [1.807, 2.05) is 12.1 Å². The second-order valence-electron chi connectivity index (χ2n) is 3.54. The number of hydrogen-bond acceptors (Lipinski definition) is 4. The molecule has 0 amide bonds. The average molecular weight is 221 g/mol. The number of nitrogens with one attached hydrogen (secondary N) is 1. The van der Waals surface area contributed by atoms with Gasteiger partial charge < -0.3 is 4.98 Å². The summed E-state index contributed by atoms with van der Waals surface area (Å²) in [7, 11) is 0. The Labute approximate surface area is 96.8 Å². The maximum Gasteiger partial charge on any atom is 0.181 e. The first kappa shape index (κ1) is 9.48. The van der Waals surface area contributed by atoms with Gasteiger partial charge in [0.25, 0.3) is 0 Å². The van der Waals surface area contributed by atoms with Gasteiger partial charge >= 0.3 is 0 Å². The molecular weight excluding hydrogens is 214 g/mol. The van der Waals surface area contributed by atoms with E-state index in [1.54, 1.807) is 18.3 Å². The van der Waals surface area contributed by atoms with Gasteiger partial charge in [0, 0.05) is 5.56 Å². The van der Waals surface area contributed by atoms with E-state index in [1.165, 1.54) is 6.33 Å². The van der Waals surface area contributed by atoms with Crippen molar-refractivity contribution in [1.29, 1.82) is 5.26 Å². The molecule has 1 aromatic carbocycles. The second-order valence-corrected chi connectivity index (χ2v) is 3.54. The molecule has 0 aliphatic heterocycles. The van der Waals surface area contributed by atoms with Crippen molar-refractivity contribution in [3.8, 4) is 17.5 Å². The highest BCUT2D eigenvalue weighted by Crippen LogP contribution is 2.19. The van der Waals surface area contributed by atoms with Gasteiger partial charge in [0.1, 0.15) is 17.7 Å². The van der Waals surface area contributed by atoms with Crippen LogP contribution in [0, 0.1) is 11.3 Å². The first-order valence-corrected chi connectivity index (χ1v) is 5.03. The Morgan fingerprint density at radius 2 is 2.24 bits per heavy atom. The van der Waals surface area contributed by atoms with Gasteiger partial charge in [-0.25, -0.2) is 15.0 Å². The number of fused-ring (bicyclic) bond motifs is 1. The zero-order chi connectivity index (χ0) is 11.7. The third-order valence-electron chi connectivity index (χ3n) is 2.43. The number of aromatic nitrogens is 4. The third-order valence-corrected chi connectivity index (χ3v) is 2.43. The van der Waals surface area contributed by atoms with E-state index in [-0.39, 0.29) is 0 Å². The average Bonchev–Trinajstić information content (AvgIpc) is 2.82. The van der Waals surface area contributed by atoms with Crippen LogP contribution in [-0.4, -0.2) is 19.9 Å². The van der Waals surface area contributed by atoms with E-state index in [0.29, 0.717) is 17.0 Å². The lowest BCUT2D eigenvalue weighted by molar-refractivity contribution is 1.20. The van der Waals surface area contributed by atoms with Crippen molar-refractivity contribution < 1.29 is 0 Å². The maximum atomic E-state index is 8.85. The van der Waals surface area contributed by atoms with Gasteiger partial charge in [-0.3, -0.25) is 0 Å². The molecule has 5 nitrogen and oxygen atoms in total. The summed E-state index contributed by atoms with van der Waals surface area (Å²) in [4.78, 5) is 15.4. The summed E-state index contributed by atoms with van der Waals surface area (Å²) in [5.74, 6) is 0.692. The topological polar surface area (TPSA) is 78.2 Å². The fraction of sp³-hybridized carbons (Fsp3) is 0. The molecule has 0 aliphatic rings. The summed E-state index contributed by atoms with van der Waals surface area (Å²) in [6.45, 7) is 0. The van der Waals surface area contributed by atoms with Crippen molar-refractivity contribution >= 4 is 11.2 Å². The molecule has 2 heterocycles. The van der Waals surface area contributed by atoms with Gasteiger partial charge in [-0.15, -0.1) is 0 Å². The molecular formula is C12H7N5. The highest BCUT2D eigenvalue weighted by Gasteiger charge is 2.06. The van der Waals surface area contributed by atoms with Crippen LogP contribution in [0.1, 0.15) is 5.56 Å². The molecule has 0 unspecified atom stereocenters. The number of H-pyrrole nitrogens is 1. The van der Waals surface area contributed by atoms with Crippen LogP contribution in [0.5, 0.6) is 0 Å². The fourth-order valence-corrected chi connectivity index (χ4v) is 1.63. The lowest BCUT2D eigenvalue weighted by Gasteiger charge is -1.95. The Kier molecular flexibility index (Phi) is 2.06.